The van der Waals surface area contributed by atoms with Crippen molar-refractivity contribution in [3.63, 3.8) is 0 Å². The maximum atomic E-state index is 13.1. The molecule has 8 nitrogen and oxygen atoms in total. The first kappa shape index (κ1) is 23.4. The van der Waals surface area contributed by atoms with E-state index in [1.807, 2.05) is 45.0 Å². The molecule has 0 atom stereocenters. The van der Waals surface area contributed by atoms with E-state index in [1.165, 1.54) is 0 Å². The highest BCUT2D eigenvalue weighted by Crippen LogP contribution is 2.26. The Kier molecular flexibility index (Phi) is 6.05. The summed E-state index contributed by atoms with van der Waals surface area (Å²) < 4.78 is 29.6. The number of nitrogens with zero attached hydrogens (tertiary/aromatic N) is 6. The van der Waals surface area contributed by atoms with Crippen LogP contribution in [-0.2, 0) is 15.4 Å². The van der Waals surface area contributed by atoms with Gasteiger partial charge in [0, 0.05) is 31.9 Å². The number of hydrogen-bond acceptors (Lipinski definition) is 6. The number of hydrogen-bond donors (Lipinski definition) is 0. The van der Waals surface area contributed by atoms with Crippen LogP contribution in [0.4, 0.5) is 5.82 Å². The van der Waals surface area contributed by atoms with Gasteiger partial charge in [-0.05, 0) is 61.6 Å². The van der Waals surface area contributed by atoms with E-state index in [2.05, 4.69) is 41.0 Å². The molecule has 1 fully saturated rings. The molecule has 1 aliphatic heterocycles. The quantitative estimate of drug-likeness (QED) is 0.584. The summed E-state index contributed by atoms with van der Waals surface area (Å²) in [5.41, 5.74) is 4.26. The molecule has 0 spiro atoms. The summed E-state index contributed by atoms with van der Waals surface area (Å²) in [7, 11) is -3.52. The molecule has 0 aliphatic carbocycles. The molecular formula is C24H32N6O2S. The number of aromatic nitrogens is 4. The van der Waals surface area contributed by atoms with Crippen LogP contribution in [0.25, 0.3) is 5.82 Å². The zero-order valence-corrected chi connectivity index (χ0v) is 21.0. The van der Waals surface area contributed by atoms with Gasteiger partial charge < -0.3 is 4.90 Å². The lowest BCUT2D eigenvalue weighted by atomic mass is 9.87. The molecule has 0 bridgehead atoms. The van der Waals surface area contributed by atoms with Crippen molar-refractivity contribution in [2.75, 3.05) is 31.1 Å². The molecule has 4 rings (SSSR count). The van der Waals surface area contributed by atoms with E-state index >= 15 is 0 Å². The molecule has 0 amide bonds. The minimum atomic E-state index is -3.52. The Labute approximate surface area is 196 Å². The fourth-order valence-corrected chi connectivity index (χ4v) is 5.40. The number of benzene rings is 1. The number of rotatable bonds is 4. The Morgan fingerprint density at radius 2 is 1.39 bits per heavy atom. The largest absolute Gasteiger partial charge is 0.352 e. The molecule has 2 aromatic heterocycles. The average Bonchev–Trinajstić information content (AvgIpc) is 3.06. The minimum Gasteiger partial charge on any atom is -0.352 e. The molecule has 0 radical (unpaired) electrons. The standard InChI is InChI=1S/C24H32N6O2S/c1-17-18(2)27-30(19(17)3)23-12-11-22(25-26-23)28-13-15-29(16-14-28)33(31,32)21-9-7-20(8-10-21)24(4,5)6/h7-12H,13-16H2,1-6H3. The van der Waals surface area contributed by atoms with Gasteiger partial charge in [-0.15, -0.1) is 10.2 Å². The third kappa shape index (κ3) is 4.52. The van der Waals surface area contributed by atoms with E-state index in [0.29, 0.717) is 36.9 Å². The van der Waals surface area contributed by atoms with Gasteiger partial charge in [-0.1, -0.05) is 32.9 Å². The van der Waals surface area contributed by atoms with Gasteiger partial charge in [0.1, 0.15) is 0 Å². The smallest absolute Gasteiger partial charge is 0.243 e. The zero-order valence-electron chi connectivity index (χ0n) is 20.2. The van der Waals surface area contributed by atoms with E-state index in [0.717, 1.165) is 28.3 Å². The van der Waals surface area contributed by atoms with Gasteiger partial charge in [-0.2, -0.15) is 9.40 Å². The third-order valence-corrected chi connectivity index (χ3v) is 8.34. The highest BCUT2D eigenvalue weighted by molar-refractivity contribution is 7.89. The molecule has 0 saturated carbocycles. The Morgan fingerprint density at radius 1 is 0.818 bits per heavy atom. The summed E-state index contributed by atoms with van der Waals surface area (Å²) in [5.74, 6) is 1.41. The summed E-state index contributed by atoms with van der Waals surface area (Å²) in [4.78, 5) is 2.41. The molecule has 0 unspecified atom stereocenters. The van der Waals surface area contributed by atoms with E-state index < -0.39 is 10.0 Å². The first-order valence-corrected chi connectivity index (χ1v) is 12.6. The SMILES string of the molecule is Cc1nn(-c2ccc(N3CCN(S(=O)(=O)c4ccc(C(C)(C)C)cc4)CC3)nn2)c(C)c1C. The Hall–Kier alpha value is -2.78. The second-order valence-electron chi connectivity index (χ2n) is 9.62. The lowest BCUT2D eigenvalue weighted by Gasteiger charge is -2.34. The van der Waals surface area contributed by atoms with Crippen molar-refractivity contribution in [3.8, 4) is 5.82 Å². The summed E-state index contributed by atoms with van der Waals surface area (Å²) in [5, 5.41) is 13.3. The van der Waals surface area contributed by atoms with E-state index in [1.54, 1.807) is 21.1 Å². The first-order valence-electron chi connectivity index (χ1n) is 11.2. The van der Waals surface area contributed by atoms with Crippen LogP contribution >= 0.6 is 0 Å². The molecule has 3 heterocycles. The normalized spacial score (nSPS) is 15.8. The van der Waals surface area contributed by atoms with Crippen LogP contribution in [0.3, 0.4) is 0 Å². The maximum Gasteiger partial charge on any atom is 0.243 e. The molecule has 1 saturated heterocycles. The molecule has 3 aromatic rings. The molecule has 9 heteroatoms. The van der Waals surface area contributed by atoms with Crippen LogP contribution in [0, 0.1) is 20.8 Å². The zero-order chi connectivity index (χ0) is 24.0. The number of sulfonamides is 1. The van der Waals surface area contributed by atoms with Crippen LogP contribution in [0.2, 0.25) is 0 Å². The highest BCUT2D eigenvalue weighted by atomic mass is 32.2. The lowest BCUT2D eigenvalue weighted by molar-refractivity contribution is 0.383. The van der Waals surface area contributed by atoms with Crippen molar-refractivity contribution in [1.29, 1.82) is 0 Å². The minimum absolute atomic E-state index is 0.0156. The predicted octanol–water partition coefficient (Wildman–Crippen LogP) is 3.40. The van der Waals surface area contributed by atoms with E-state index in [9.17, 15) is 8.42 Å². The summed E-state index contributed by atoms with van der Waals surface area (Å²) in [6, 6.07) is 11.1. The highest BCUT2D eigenvalue weighted by Gasteiger charge is 2.29. The molecule has 1 aliphatic rings. The average molecular weight is 469 g/mol. The summed E-state index contributed by atoms with van der Waals surface area (Å²) in [6.45, 7) is 14.3. The van der Waals surface area contributed by atoms with E-state index in [-0.39, 0.29) is 5.41 Å². The van der Waals surface area contributed by atoms with Crippen molar-refractivity contribution in [1.82, 2.24) is 24.3 Å². The van der Waals surface area contributed by atoms with Crippen molar-refractivity contribution in [2.24, 2.45) is 0 Å². The van der Waals surface area contributed by atoms with Crippen molar-refractivity contribution >= 4 is 15.8 Å². The van der Waals surface area contributed by atoms with Gasteiger partial charge >= 0.3 is 0 Å². The van der Waals surface area contributed by atoms with Crippen molar-refractivity contribution in [3.05, 3.63) is 58.9 Å². The van der Waals surface area contributed by atoms with Gasteiger partial charge in [-0.25, -0.2) is 13.1 Å². The second kappa shape index (κ2) is 8.53. The molecule has 1 aromatic carbocycles. The third-order valence-electron chi connectivity index (χ3n) is 6.43. The molecular weight excluding hydrogens is 436 g/mol. The summed E-state index contributed by atoms with van der Waals surface area (Å²) >= 11 is 0. The van der Waals surface area contributed by atoms with Crippen LogP contribution in [-0.4, -0.2) is 58.9 Å². The Balaban J connectivity index is 1.43. The van der Waals surface area contributed by atoms with Crippen molar-refractivity contribution in [2.45, 2.75) is 51.9 Å². The monoisotopic (exact) mass is 468 g/mol. The number of anilines is 1. The molecule has 33 heavy (non-hydrogen) atoms. The predicted molar refractivity (Wildman–Crippen MR) is 129 cm³/mol. The van der Waals surface area contributed by atoms with E-state index in [4.69, 9.17) is 0 Å². The van der Waals surface area contributed by atoms with Crippen LogP contribution in [0.5, 0.6) is 0 Å². The Morgan fingerprint density at radius 3 is 1.88 bits per heavy atom. The Bertz CT molecular complexity index is 1230. The number of piperazine rings is 1. The first-order chi connectivity index (χ1) is 15.5. The van der Waals surface area contributed by atoms with Crippen LogP contribution in [0.1, 0.15) is 43.3 Å². The van der Waals surface area contributed by atoms with Gasteiger partial charge in [-0.3, -0.25) is 0 Å². The van der Waals surface area contributed by atoms with Gasteiger partial charge in [0.25, 0.3) is 0 Å². The number of aryl methyl sites for hydroxylation is 1. The summed E-state index contributed by atoms with van der Waals surface area (Å²) in [6.07, 6.45) is 0. The van der Waals surface area contributed by atoms with Gasteiger partial charge in [0.15, 0.2) is 11.6 Å². The fourth-order valence-electron chi connectivity index (χ4n) is 3.98. The van der Waals surface area contributed by atoms with Gasteiger partial charge in [0.2, 0.25) is 10.0 Å². The second-order valence-corrected chi connectivity index (χ2v) is 11.6. The topological polar surface area (TPSA) is 84.2 Å². The van der Waals surface area contributed by atoms with Gasteiger partial charge in [0.05, 0.1) is 10.6 Å². The van der Waals surface area contributed by atoms with Crippen LogP contribution in [0.15, 0.2) is 41.3 Å². The lowest BCUT2D eigenvalue weighted by Crippen LogP contribution is -2.49. The van der Waals surface area contributed by atoms with Crippen LogP contribution < -0.4 is 4.90 Å². The maximum absolute atomic E-state index is 13.1. The molecule has 0 N–H and O–H groups in total. The molecule has 176 valence electrons. The fraction of sp³-hybridized carbons (Fsp3) is 0.458. The van der Waals surface area contributed by atoms with Crippen molar-refractivity contribution < 1.29 is 8.42 Å².